The highest BCUT2D eigenvalue weighted by molar-refractivity contribution is 9.10. The molecule has 0 amide bonds. The molecule has 0 radical (unpaired) electrons. The number of anilines is 1. The monoisotopic (exact) mass is 281 g/mol. The lowest BCUT2D eigenvalue weighted by molar-refractivity contribution is -0.137. The van der Waals surface area contributed by atoms with E-state index in [4.69, 9.17) is 11.1 Å². The van der Waals surface area contributed by atoms with E-state index in [0.29, 0.717) is 5.69 Å². The zero-order valence-electron chi connectivity index (χ0n) is 7.32. The predicted octanol–water partition coefficient (Wildman–Crippen LogP) is 2.77. The van der Waals surface area contributed by atoms with Crippen molar-refractivity contribution in [3.8, 4) is 0 Å². The van der Waals surface area contributed by atoms with Crippen molar-refractivity contribution in [2.24, 2.45) is 5.73 Å². The Morgan fingerprint density at radius 1 is 1.40 bits per heavy atom. The number of benzene rings is 1. The fourth-order valence-electron chi connectivity index (χ4n) is 0.938. The minimum atomic E-state index is -4.38. The van der Waals surface area contributed by atoms with Crippen molar-refractivity contribution in [3.05, 3.63) is 28.2 Å². The maximum atomic E-state index is 12.3. The summed E-state index contributed by atoms with van der Waals surface area (Å²) in [6, 6.07) is 3.04. The zero-order chi connectivity index (χ0) is 11.6. The maximum Gasteiger partial charge on any atom is 0.416 e. The van der Waals surface area contributed by atoms with Gasteiger partial charge in [0.1, 0.15) is 0 Å². The van der Waals surface area contributed by atoms with Gasteiger partial charge in [0.15, 0.2) is 5.96 Å². The lowest BCUT2D eigenvalue weighted by Gasteiger charge is -2.10. The van der Waals surface area contributed by atoms with Crippen LogP contribution in [0.5, 0.6) is 0 Å². The van der Waals surface area contributed by atoms with Crippen LogP contribution in [0.4, 0.5) is 18.9 Å². The number of nitrogens with one attached hydrogen (secondary N) is 2. The number of nitrogens with two attached hydrogens (primary N) is 1. The summed E-state index contributed by atoms with van der Waals surface area (Å²) in [7, 11) is 0. The van der Waals surface area contributed by atoms with Crippen LogP contribution in [0.1, 0.15) is 5.56 Å². The zero-order valence-corrected chi connectivity index (χ0v) is 8.91. The SMILES string of the molecule is N=C(N)Nc1ccc(C(F)(F)F)cc1Br. The summed E-state index contributed by atoms with van der Waals surface area (Å²) in [4.78, 5) is 0. The third-order valence-electron chi connectivity index (χ3n) is 1.57. The van der Waals surface area contributed by atoms with E-state index < -0.39 is 11.7 Å². The molecule has 1 aromatic carbocycles. The predicted molar refractivity (Wildman–Crippen MR) is 54.7 cm³/mol. The van der Waals surface area contributed by atoms with Crippen LogP contribution in [0, 0.1) is 5.41 Å². The first-order valence-corrected chi connectivity index (χ1v) is 4.58. The average molecular weight is 282 g/mol. The highest BCUT2D eigenvalue weighted by atomic mass is 79.9. The Balaban J connectivity index is 3.03. The molecule has 4 N–H and O–H groups in total. The van der Waals surface area contributed by atoms with Crippen LogP contribution in [-0.2, 0) is 6.18 Å². The van der Waals surface area contributed by atoms with Crippen LogP contribution >= 0.6 is 15.9 Å². The number of hydrogen-bond donors (Lipinski definition) is 3. The number of halogens is 4. The topological polar surface area (TPSA) is 61.9 Å². The average Bonchev–Trinajstić information content (AvgIpc) is 2.05. The molecule has 0 heterocycles. The van der Waals surface area contributed by atoms with Gasteiger partial charge in [0.2, 0.25) is 0 Å². The molecule has 0 aliphatic rings. The number of alkyl halides is 3. The van der Waals surface area contributed by atoms with Crippen LogP contribution in [-0.4, -0.2) is 5.96 Å². The highest BCUT2D eigenvalue weighted by Crippen LogP contribution is 2.33. The lowest BCUT2D eigenvalue weighted by atomic mass is 10.2. The van der Waals surface area contributed by atoms with Gasteiger partial charge in [-0.1, -0.05) is 0 Å². The van der Waals surface area contributed by atoms with Crippen molar-refractivity contribution >= 4 is 27.6 Å². The van der Waals surface area contributed by atoms with Gasteiger partial charge in [0.05, 0.1) is 11.3 Å². The number of rotatable bonds is 1. The van der Waals surface area contributed by atoms with E-state index in [1.807, 2.05) is 0 Å². The molecule has 0 saturated heterocycles. The summed E-state index contributed by atoms with van der Waals surface area (Å²) in [6.07, 6.45) is -4.38. The summed E-state index contributed by atoms with van der Waals surface area (Å²) in [5, 5.41) is 9.33. The summed E-state index contributed by atoms with van der Waals surface area (Å²) in [5.74, 6) is -0.338. The van der Waals surface area contributed by atoms with Gasteiger partial charge < -0.3 is 11.1 Å². The molecule has 0 saturated carbocycles. The molecule has 82 valence electrons. The molecule has 0 atom stereocenters. The third-order valence-corrected chi connectivity index (χ3v) is 2.22. The van der Waals surface area contributed by atoms with E-state index in [2.05, 4.69) is 21.2 Å². The van der Waals surface area contributed by atoms with Crippen molar-refractivity contribution < 1.29 is 13.2 Å². The Kier molecular flexibility index (Phi) is 3.23. The Labute approximate surface area is 92.1 Å². The van der Waals surface area contributed by atoms with Crippen LogP contribution < -0.4 is 11.1 Å². The Hall–Kier alpha value is -1.24. The second kappa shape index (κ2) is 4.09. The fraction of sp³-hybridized carbons (Fsp3) is 0.125. The smallest absolute Gasteiger partial charge is 0.370 e. The van der Waals surface area contributed by atoms with Gasteiger partial charge in [-0.15, -0.1) is 0 Å². The molecule has 0 aromatic heterocycles. The maximum absolute atomic E-state index is 12.3. The molecule has 0 fully saturated rings. The van der Waals surface area contributed by atoms with Crippen molar-refractivity contribution in [1.82, 2.24) is 0 Å². The molecular formula is C8H7BrF3N3. The largest absolute Gasteiger partial charge is 0.416 e. The van der Waals surface area contributed by atoms with Gasteiger partial charge in [0, 0.05) is 4.47 Å². The Morgan fingerprint density at radius 2 is 2.00 bits per heavy atom. The summed E-state index contributed by atoms with van der Waals surface area (Å²) in [5.41, 5.74) is 4.60. The molecule has 7 heteroatoms. The van der Waals surface area contributed by atoms with E-state index >= 15 is 0 Å². The van der Waals surface area contributed by atoms with Gasteiger partial charge >= 0.3 is 6.18 Å². The van der Waals surface area contributed by atoms with Gasteiger partial charge in [0.25, 0.3) is 0 Å². The standard InChI is InChI=1S/C8H7BrF3N3/c9-5-3-4(8(10,11)12)1-2-6(5)15-7(13)14/h1-3H,(H4,13,14,15). The van der Waals surface area contributed by atoms with E-state index in [-0.39, 0.29) is 10.4 Å². The van der Waals surface area contributed by atoms with Crippen molar-refractivity contribution in [3.63, 3.8) is 0 Å². The van der Waals surface area contributed by atoms with E-state index in [1.54, 1.807) is 0 Å². The normalized spacial score (nSPS) is 11.2. The Morgan fingerprint density at radius 3 is 2.40 bits per heavy atom. The van der Waals surface area contributed by atoms with Crippen LogP contribution in [0.3, 0.4) is 0 Å². The van der Waals surface area contributed by atoms with Crippen LogP contribution in [0.2, 0.25) is 0 Å². The number of hydrogen-bond acceptors (Lipinski definition) is 1. The molecule has 1 rings (SSSR count). The second-order valence-electron chi connectivity index (χ2n) is 2.73. The van der Waals surface area contributed by atoms with E-state index in [1.165, 1.54) is 6.07 Å². The third kappa shape index (κ3) is 3.12. The minimum Gasteiger partial charge on any atom is -0.370 e. The van der Waals surface area contributed by atoms with E-state index in [0.717, 1.165) is 12.1 Å². The molecular weight excluding hydrogens is 275 g/mol. The van der Waals surface area contributed by atoms with Gasteiger partial charge in [-0.3, -0.25) is 5.41 Å². The first-order chi connectivity index (χ1) is 6.80. The first kappa shape index (κ1) is 11.8. The quantitative estimate of drug-likeness (QED) is 0.548. The van der Waals surface area contributed by atoms with Crippen molar-refractivity contribution in [2.75, 3.05) is 5.32 Å². The second-order valence-corrected chi connectivity index (χ2v) is 3.59. The van der Waals surface area contributed by atoms with Gasteiger partial charge in [-0.2, -0.15) is 13.2 Å². The van der Waals surface area contributed by atoms with Gasteiger partial charge in [-0.25, -0.2) is 0 Å². The van der Waals surface area contributed by atoms with Gasteiger partial charge in [-0.05, 0) is 34.1 Å². The molecule has 1 aromatic rings. The number of guanidine groups is 1. The Bertz CT molecular complexity index is 389. The highest BCUT2D eigenvalue weighted by Gasteiger charge is 2.30. The molecule has 3 nitrogen and oxygen atoms in total. The van der Waals surface area contributed by atoms with Crippen molar-refractivity contribution in [1.29, 1.82) is 5.41 Å². The molecule has 0 aliphatic heterocycles. The van der Waals surface area contributed by atoms with Crippen LogP contribution in [0.15, 0.2) is 22.7 Å². The molecule has 0 aliphatic carbocycles. The minimum absolute atomic E-state index is 0.201. The summed E-state index contributed by atoms with van der Waals surface area (Å²) < 4.78 is 37.0. The summed E-state index contributed by atoms with van der Waals surface area (Å²) in [6.45, 7) is 0. The fourth-order valence-corrected chi connectivity index (χ4v) is 1.42. The van der Waals surface area contributed by atoms with Crippen LogP contribution in [0.25, 0.3) is 0 Å². The molecule has 0 bridgehead atoms. The van der Waals surface area contributed by atoms with Crippen molar-refractivity contribution in [2.45, 2.75) is 6.18 Å². The molecule has 0 spiro atoms. The van der Waals surface area contributed by atoms with E-state index in [9.17, 15) is 13.2 Å². The lowest BCUT2D eigenvalue weighted by Crippen LogP contribution is -2.20. The molecule has 15 heavy (non-hydrogen) atoms. The molecule has 0 unspecified atom stereocenters. The summed E-state index contributed by atoms with van der Waals surface area (Å²) >= 11 is 2.95. The first-order valence-electron chi connectivity index (χ1n) is 3.78.